The Balaban J connectivity index is 1.86. The number of nitrogens with one attached hydrogen (secondary N) is 1. The van der Waals surface area contributed by atoms with E-state index in [1.807, 2.05) is 54.6 Å². The molecule has 0 fully saturated rings. The molecule has 5 nitrogen and oxygen atoms in total. The Morgan fingerprint density at radius 2 is 1.92 bits per heavy atom. The zero-order valence-corrected chi connectivity index (χ0v) is 14.0. The van der Waals surface area contributed by atoms with Crippen LogP contribution >= 0.6 is 0 Å². The van der Waals surface area contributed by atoms with Crippen LogP contribution in [-0.4, -0.2) is 11.1 Å². The summed E-state index contributed by atoms with van der Waals surface area (Å²) < 4.78 is 0. The van der Waals surface area contributed by atoms with Crippen molar-refractivity contribution in [1.29, 1.82) is 0 Å². The van der Waals surface area contributed by atoms with Crippen molar-refractivity contribution in [2.75, 3.05) is 0 Å². The molecule has 128 valence electrons. The molecule has 26 heavy (non-hydrogen) atoms. The van der Waals surface area contributed by atoms with Gasteiger partial charge in [-0.25, -0.2) is 0 Å². The molecule has 0 unspecified atom stereocenters. The van der Waals surface area contributed by atoms with E-state index in [9.17, 15) is 10.1 Å². The number of nitro groups is 1. The number of non-ortho nitro benzene ring substituents is 1. The van der Waals surface area contributed by atoms with E-state index in [2.05, 4.69) is 16.0 Å². The van der Waals surface area contributed by atoms with Gasteiger partial charge in [-0.3, -0.25) is 15.1 Å². The highest BCUT2D eigenvalue weighted by atomic mass is 16.6. The molecular weight excluding hydrogens is 326 g/mol. The molecule has 0 saturated heterocycles. The van der Waals surface area contributed by atoms with E-state index in [4.69, 9.17) is 0 Å². The van der Waals surface area contributed by atoms with Crippen LogP contribution in [0.2, 0.25) is 0 Å². The van der Waals surface area contributed by atoms with E-state index in [0.29, 0.717) is 0 Å². The van der Waals surface area contributed by atoms with E-state index in [1.165, 1.54) is 12.1 Å². The average Bonchev–Trinajstić information content (AvgIpc) is 2.69. The topological polar surface area (TPSA) is 67.5 Å². The highest BCUT2D eigenvalue weighted by Crippen LogP contribution is 2.19. The second kappa shape index (κ2) is 8.42. The Kier molecular flexibility index (Phi) is 5.55. The van der Waals surface area contributed by atoms with Crippen LogP contribution in [0.1, 0.15) is 12.0 Å². The standard InChI is InChI=1S/C21H17N3O2/c25-24(26)20-13-11-17(12-14-20)21(23-19-9-5-2-6-10-19)15-16-22-18-7-3-1-4-8-18/h1,3-9,11-16,23H,10H2/b21-15-,22-16?. The highest BCUT2D eigenvalue weighted by Gasteiger charge is 2.08. The third-order valence-electron chi connectivity index (χ3n) is 3.73. The van der Waals surface area contributed by atoms with Crippen molar-refractivity contribution in [3.05, 3.63) is 106 Å². The molecule has 0 radical (unpaired) electrons. The van der Waals surface area contributed by atoms with Gasteiger partial charge in [0.1, 0.15) is 0 Å². The van der Waals surface area contributed by atoms with Crippen molar-refractivity contribution in [3.63, 3.8) is 0 Å². The lowest BCUT2D eigenvalue weighted by atomic mass is 10.1. The number of aliphatic imine (C=N–C) groups is 1. The van der Waals surface area contributed by atoms with Gasteiger partial charge >= 0.3 is 0 Å². The van der Waals surface area contributed by atoms with Gasteiger partial charge in [0.05, 0.1) is 10.6 Å². The van der Waals surface area contributed by atoms with Crippen molar-refractivity contribution >= 4 is 23.3 Å². The summed E-state index contributed by atoms with van der Waals surface area (Å²) in [6.45, 7) is 0. The largest absolute Gasteiger partial charge is 0.358 e. The minimum atomic E-state index is -0.406. The maximum atomic E-state index is 10.9. The first-order chi connectivity index (χ1) is 12.7. The number of rotatable bonds is 6. The first kappa shape index (κ1) is 17.1. The Labute approximate surface area is 151 Å². The van der Waals surface area contributed by atoms with Crippen LogP contribution in [0.15, 0.2) is 95.3 Å². The molecule has 1 aliphatic carbocycles. The summed E-state index contributed by atoms with van der Waals surface area (Å²) in [7, 11) is 0. The second-order valence-corrected chi connectivity index (χ2v) is 5.56. The summed E-state index contributed by atoms with van der Waals surface area (Å²) in [4.78, 5) is 14.9. The summed E-state index contributed by atoms with van der Waals surface area (Å²) >= 11 is 0. The number of nitrogens with zero attached hydrogens (tertiary/aromatic N) is 2. The molecule has 2 aromatic carbocycles. The Morgan fingerprint density at radius 1 is 1.15 bits per heavy atom. The van der Waals surface area contributed by atoms with Crippen LogP contribution in [0.5, 0.6) is 0 Å². The van der Waals surface area contributed by atoms with Gasteiger partial charge in [0.2, 0.25) is 0 Å². The van der Waals surface area contributed by atoms with Gasteiger partial charge in [0.15, 0.2) is 0 Å². The molecule has 0 bridgehead atoms. The summed E-state index contributed by atoms with van der Waals surface area (Å²) in [5.74, 6) is 0. The molecule has 0 aliphatic heterocycles. The quantitative estimate of drug-likeness (QED) is 0.350. The van der Waals surface area contributed by atoms with E-state index < -0.39 is 4.92 Å². The lowest BCUT2D eigenvalue weighted by Gasteiger charge is -2.13. The Hall–Kier alpha value is -3.69. The number of hydrogen-bond acceptors (Lipinski definition) is 4. The van der Waals surface area contributed by atoms with Crippen LogP contribution in [0.3, 0.4) is 0 Å². The van der Waals surface area contributed by atoms with E-state index in [1.54, 1.807) is 18.3 Å². The summed E-state index contributed by atoms with van der Waals surface area (Å²) in [6, 6.07) is 16.1. The smallest absolute Gasteiger partial charge is 0.269 e. The van der Waals surface area contributed by atoms with Gasteiger partial charge in [0.25, 0.3) is 5.69 Å². The summed E-state index contributed by atoms with van der Waals surface area (Å²) in [5, 5.41) is 14.2. The van der Waals surface area contributed by atoms with Crippen LogP contribution < -0.4 is 5.32 Å². The van der Waals surface area contributed by atoms with Gasteiger partial charge in [-0.2, -0.15) is 0 Å². The molecule has 0 aromatic heterocycles. The molecule has 0 saturated carbocycles. The zero-order valence-electron chi connectivity index (χ0n) is 14.0. The third-order valence-corrected chi connectivity index (χ3v) is 3.73. The molecule has 0 spiro atoms. The first-order valence-corrected chi connectivity index (χ1v) is 8.14. The van der Waals surface area contributed by atoms with Crippen LogP contribution in [0, 0.1) is 10.1 Å². The molecular formula is C21H17N3O2. The molecule has 0 amide bonds. The number of allylic oxidation sites excluding steroid dienone is 3. The molecule has 2 aromatic rings. The molecule has 1 aliphatic rings. The minimum absolute atomic E-state index is 0.0637. The van der Waals surface area contributed by atoms with Gasteiger partial charge in [-0.15, -0.1) is 5.73 Å². The first-order valence-electron chi connectivity index (χ1n) is 8.14. The molecule has 3 rings (SSSR count). The molecule has 0 atom stereocenters. The Bertz CT molecular complexity index is 933. The predicted molar refractivity (Wildman–Crippen MR) is 104 cm³/mol. The van der Waals surface area contributed by atoms with Crippen LogP contribution in [0.4, 0.5) is 11.4 Å². The minimum Gasteiger partial charge on any atom is -0.358 e. The molecule has 0 heterocycles. The summed E-state index contributed by atoms with van der Waals surface area (Å²) in [5.41, 5.74) is 6.62. The fraction of sp³-hybridized carbons (Fsp3) is 0.0476. The fourth-order valence-electron chi connectivity index (χ4n) is 2.40. The average molecular weight is 343 g/mol. The zero-order chi connectivity index (χ0) is 18.2. The van der Waals surface area contributed by atoms with Gasteiger partial charge in [-0.1, -0.05) is 18.2 Å². The molecule has 5 heteroatoms. The predicted octanol–water partition coefficient (Wildman–Crippen LogP) is 4.93. The number of hydrogen-bond donors (Lipinski definition) is 1. The van der Waals surface area contributed by atoms with E-state index >= 15 is 0 Å². The maximum absolute atomic E-state index is 10.9. The van der Waals surface area contributed by atoms with Crippen molar-refractivity contribution in [2.24, 2.45) is 4.99 Å². The fourth-order valence-corrected chi connectivity index (χ4v) is 2.40. The monoisotopic (exact) mass is 343 g/mol. The normalized spacial score (nSPS) is 13.7. The SMILES string of the molecule is O=[N+]([O-])c1ccc(/C(=C/C=Nc2ccccc2)NC2=CC=C=CC2)cc1. The molecule has 1 N–H and O–H groups in total. The number of benzene rings is 2. The van der Waals surface area contributed by atoms with Crippen LogP contribution in [0.25, 0.3) is 5.70 Å². The highest BCUT2D eigenvalue weighted by molar-refractivity contribution is 5.86. The Morgan fingerprint density at radius 3 is 2.58 bits per heavy atom. The van der Waals surface area contributed by atoms with E-state index in [-0.39, 0.29) is 5.69 Å². The van der Waals surface area contributed by atoms with Crippen molar-refractivity contribution < 1.29 is 4.92 Å². The maximum Gasteiger partial charge on any atom is 0.269 e. The van der Waals surface area contributed by atoms with Crippen molar-refractivity contribution in [2.45, 2.75) is 6.42 Å². The van der Waals surface area contributed by atoms with Crippen molar-refractivity contribution in [3.8, 4) is 0 Å². The number of nitro benzene ring substituents is 1. The second-order valence-electron chi connectivity index (χ2n) is 5.56. The summed E-state index contributed by atoms with van der Waals surface area (Å²) in [6.07, 6.45) is 10.1. The van der Waals surface area contributed by atoms with Gasteiger partial charge in [0, 0.05) is 36.2 Å². The van der Waals surface area contributed by atoms with Crippen molar-refractivity contribution in [1.82, 2.24) is 5.32 Å². The van der Waals surface area contributed by atoms with Gasteiger partial charge < -0.3 is 5.32 Å². The van der Waals surface area contributed by atoms with Gasteiger partial charge in [-0.05, 0) is 54.1 Å². The van der Waals surface area contributed by atoms with Crippen LogP contribution in [-0.2, 0) is 0 Å². The van der Waals surface area contributed by atoms with E-state index in [0.717, 1.165) is 29.1 Å². The lowest BCUT2D eigenvalue weighted by Crippen LogP contribution is -2.12. The third kappa shape index (κ3) is 4.66. The lowest BCUT2D eigenvalue weighted by molar-refractivity contribution is -0.384. The number of para-hydroxylation sites is 1.